The average Bonchev–Trinajstić information content (AvgIpc) is 2.59. The summed E-state index contributed by atoms with van der Waals surface area (Å²) in [6.45, 7) is 8.11. The van der Waals surface area contributed by atoms with Gasteiger partial charge in [0.15, 0.2) is 0 Å². The van der Waals surface area contributed by atoms with Gasteiger partial charge in [0.05, 0.1) is 13.2 Å². The molecule has 24 heavy (non-hydrogen) atoms. The smallest absolute Gasteiger partial charge is 0.347 e. The van der Waals surface area contributed by atoms with Crippen molar-refractivity contribution in [3.05, 3.63) is 35.9 Å². The lowest BCUT2D eigenvalue weighted by Gasteiger charge is -2.43. The fraction of sp³-hybridized carbons (Fsp3) is 0.588. The SMILES string of the molecule is CCOC(=O)[C@H](c1ccccc1)N1CCCO[P@@]1(=O)N(CC)CC. The molecule has 0 saturated carbocycles. The minimum atomic E-state index is -3.27. The number of benzene rings is 1. The van der Waals surface area contributed by atoms with Gasteiger partial charge in [-0.1, -0.05) is 44.2 Å². The highest BCUT2D eigenvalue weighted by molar-refractivity contribution is 7.54. The van der Waals surface area contributed by atoms with E-state index in [1.807, 2.05) is 44.2 Å². The number of carbonyl (C=O) groups is 1. The number of hydrogen-bond acceptors (Lipinski definition) is 4. The number of ether oxygens (including phenoxy) is 1. The van der Waals surface area contributed by atoms with E-state index in [-0.39, 0.29) is 12.6 Å². The third-order valence-electron chi connectivity index (χ3n) is 4.13. The molecule has 0 aromatic heterocycles. The number of esters is 1. The van der Waals surface area contributed by atoms with Crippen molar-refractivity contribution >= 4 is 13.6 Å². The highest BCUT2D eigenvalue weighted by Crippen LogP contribution is 2.59. The summed E-state index contributed by atoms with van der Waals surface area (Å²) < 4.78 is 28.2. The standard InChI is InChI=1S/C17H27N2O4P/c1-4-18(5-2)24(21)19(13-10-14-23-24)16(17(20)22-6-3)15-11-8-7-9-12-15/h7-9,11-12,16H,4-6,10,13-14H2,1-3H3/t16-,24-/m0/s1. The summed E-state index contributed by atoms with van der Waals surface area (Å²) in [7, 11) is -3.27. The van der Waals surface area contributed by atoms with Crippen LogP contribution in [0.5, 0.6) is 0 Å². The van der Waals surface area contributed by atoms with Gasteiger partial charge >= 0.3 is 13.6 Å². The highest BCUT2D eigenvalue weighted by Gasteiger charge is 2.46. The van der Waals surface area contributed by atoms with E-state index in [1.165, 1.54) is 0 Å². The molecule has 0 unspecified atom stereocenters. The molecule has 1 aliphatic rings. The Bertz CT molecular complexity index is 577. The lowest BCUT2D eigenvalue weighted by Crippen LogP contribution is -2.42. The van der Waals surface area contributed by atoms with Gasteiger partial charge in [-0.05, 0) is 18.9 Å². The summed E-state index contributed by atoms with van der Waals surface area (Å²) in [5.74, 6) is -0.387. The van der Waals surface area contributed by atoms with Crippen molar-refractivity contribution in [1.29, 1.82) is 0 Å². The maximum atomic E-state index is 13.7. The summed E-state index contributed by atoms with van der Waals surface area (Å²) in [6, 6.07) is 8.63. The Hall–Kier alpha value is -1.20. The van der Waals surface area contributed by atoms with Crippen molar-refractivity contribution in [3.63, 3.8) is 0 Å². The number of carbonyl (C=O) groups excluding carboxylic acids is 1. The summed E-state index contributed by atoms with van der Waals surface area (Å²) >= 11 is 0. The molecule has 1 saturated heterocycles. The van der Waals surface area contributed by atoms with Crippen LogP contribution in [0.1, 0.15) is 38.8 Å². The first-order valence-electron chi connectivity index (χ1n) is 8.57. The van der Waals surface area contributed by atoms with E-state index in [1.54, 1.807) is 16.3 Å². The van der Waals surface area contributed by atoms with Gasteiger partial charge in [0.25, 0.3) is 0 Å². The van der Waals surface area contributed by atoms with E-state index >= 15 is 0 Å². The van der Waals surface area contributed by atoms with Crippen LogP contribution >= 0.6 is 7.67 Å². The predicted octanol–water partition coefficient (Wildman–Crippen LogP) is 3.46. The number of rotatable bonds is 7. The second kappa shape index (κ2) is 8.77. The van der Waals surface area contributed by atoms with Gasteiger partial charge in [-0.3, -0.25) is 4.57 Å². The first-order chi connectivity index (χ1) is 11.6. The minimum absolute atomic E-state index is 0.284. The molecule has 0 aliphatic carbocycles. The van der Waals surface area contributed by atoms with Gasteiger partial charge in [0.2, 0.25) is 0 Å². The van der Waals surface area contributed by atoms with E-state index in [4.69, 9.17) is 9.26 Å². The molecule has 1 aromatic rings. The van der Waals surface area contributed by atoms with Crippen LogP contribution in [0.15, 0.2) is 30.3 Å². The summed E-state index contributed by atoms with van der Waals surface area (Å²) in [5, 5.41) is 0. The van der Waals surface area contributed by atoms with E-state index in [2.05, 4.69) is 0 Å². The maximum absolute atomic E-state index is 13.7. The predicted molar refractivity (Wildman–Crippen MR) is 93.6 cm³/mol. The molecule has 6 nitrogen and oxygen atoms in total. The summed E-state index contributed by atoms with van der Waals surface area (Å²) in [6.07, 6.45) is 0.730. The fourth-order valence-electron chi connectivity index (χ4n) is 3.00. The monoisotopic (exact) mass is 354 g/mol. The van der Waals surface area contributed by atoms with Crippen molar-refractivity contribution in [2.24, 2.45) is 0 Å². The van der Waals surface area contributed by atoms with Crippen molar-refractivity contribution in [1.82, 2.24) is 9.34 Å². The van der Waals surface area contributed by atoms with Crippen LogP contribution in [-0.2, 0) is 18.6 Å². The molecule has 0 N–H and O–H groups in total. The van der Waals surface area contributed by atoms with Crippen molar-refractivity contribution in [3.8, 4) is 0 Å². The summed E-state index contributed by atoms with van der Waals surface area (Å²) in [5.41, 5.74) is 0.772. The Kier molecular flexibility index (Phi) is 6.99. The Balaban J connectivity index is 2.45. The largest absolute Gasteiger partial charge is 0.465 e. The molecule has 0 bridgehead atoms. The number of nitrogens with zero attached hydrogens (tertiary/aromatic N) is 2. The maximum Gasteiger partial charge on any atom is 0.347 e. The van der Waals surface area contributed by atoms with Crippen LogP contribution in [0.2, 0.25) is 0 Å². The normalized spacial score (nSPS) is 23.2. The molecule has 2 atom stereocenters. The molecular formula is C17H27N2O4P. The Morgan fingerprint density at radius 1 is 1.29 bits per heavy atom. The van der Waals surface area contributed by atoms with Crippen molar-refractivity contribution < 1.29 is 18.6 Å². The zero-order valence-electron chi connectivity index (χ0n) is 14.7. The van der Waals surface area contributed by atoms with Crippen LogP contribution in [0.4, 0.5) is 0 Å². The minimum Gasteiger partial charge on any atom is -0.465 e. The molecular weight excluding hydrogens is 327 g/mol. The van der Waals surface area contributed by atoms with Crippen molar-refractivity contribution in [2.75, 3.05) is 32.8 Å². The molecule has 0 radical (unpaired) electrons. The molecule has 1 heterocycles. The third-order valence-corrected chi connectivity index (χ3v) is 7.01. The lowest BCUT2D eigenvalue weighted by atomic mass is 10.1. The molecule has 2 rings (SSSR count). The van der Waals surface area contributed by atoms with Gasteiger partial charge in [-0.25, -0.2) is 14.1 Å². The van der Waals surface area contributed by atoms with Gasteiger partial charge in [0.1, 0.15) is 6.04 Å². The molecule has 7 heteroatoms. The zero-order valence-corrected chi connectivity index (χ0v) is 15.6. The molecule has 1 fully saturated rings. The molecule has 1 aromatic carbocycles. The highest BCUT2D eigenvalue weighted by atomic mass is 31.2. The first kappa shape index (κ1) is 19.1. The van der Waals surface area contributed by atoms with E-state index < -0.39 is 13.7 Å². The Labute approximate surface area is 144 Å². The third kappa shape index (κ3) is 3.89. The lowest BCUT2D eigenvalue weighted by molar-refractivity contribution is -0.148. The van der Waals surface area contributed by atoms with Gasteiger partial charge < -0.3 is 9.26 Å². The van der Waals surface area contributed by atoms with E-state index in [0.717, 1.165) is 12.0 Å². The molecule has 0 amide bonds. The van der Waals surface area contributed by atoms with Crippen molar-refractivity contribution in [2.45, 2.75) is 33.2 Å². The first-order valence-corrected chi connectivity index (χ1v) is 10.1. The van der Waals surface area contributed by atoms with Gasteiger partial charge in [0, 0.05) is 19.6 Å². The molecule has 134 valence electrons. The quantitative estimate of drug-likeness (QED) is 0.552. The van der Waals surface area contributed by atoms with E-state index in [0.29, 0.717) is 26.2 Å². The van der Waals surface area contributed by atoms with Crippen LogP contribution < -0.4 is 0 Å². The van der Waals surface area contributed by atoms with Crippen LogP contribution in [0.25, 0.3) is 0 Å². The van der Waals surface area contributed by atoms with Crippen LogP contribution in [-0.4, -0.2) is 48.2 Å². The van der Waals surface area contributed by atoms with Crippen LogP contribution in [0, 0.1) is 0 Å². The number of hydrogen-bond donors (Lipinski definition) is 0. The fourth-order valence-corrected chi connectivity index (χ4v) is 5.63. The summed E-state index contributed by atoms with van der Waals surface area (Å²) in [4.78, 5) is 12.7. The Morgan fingerprint density at radius 2 is 1.96 bits per heavy atom. The second-order valence-electron chi connectivity index (χ2n) is 5.54. The Morgan fingerprint density at radius 3 is 2.54 bits per heavy atom. The van der Waals surface area contributed by atoms with Gasteiger partial charge in [-0.15, -0.1) is 0 Å². The van der Waals surface area contributed by atoms with E-state index in [9.17, 15) is 9.36 Å². The van der Waals surface area contributed by atoms with Crippen LogP contribution in [0.3, 0.4) is 0 Å². The molecule has 0 spiro atoms. The molecule has 1 aliphatic heterocycles. The topological polar surface area (TPSA) is 59.1 Å². The van der Waals surface area contributed by atoms with Gasteiger partial charge in [-0.2, -0.15) is 0 Å². The average molecular weight is 354 g/mol. The zero-order chi connectivity index (χ0) is 17.6. The second-order valence-corrected chi connectivity index (χ2v) is 7.86.